The van der Waals surface area contributed by atoms with Crippen molar-refractivity contribution in [1.82, 2.24) is 0 Å². The fraction of sp³-hybridized carbons (Fsp3) is 0.200. The summed E-state index contributed by atoms with van der Waals surface area (Å²) in [5, 5.41) is 2.36. The van der Waals surface area contributed by atoms with Gasteiger partial charge in [-0.25, -0.2) is 0 Å². The van der Waals surface area contributed by atoms with Crippen molar-refractivity contribution in [1.29, 1.82) is 0 Å². The highest BCUT2D eigenvalue weighted by Gasteiger charge is 2.21. The van der Waals surface area contributed by atoms with Crippen LogP contribution in [0, 0.1) is 6.92 Å². The molecule has 0 saturated heterocycles. The van der Waals surface area contributed by atoms with Gasteiger partial charge >= 0.3 is 0 Å². The third-order valence-electron chi connectivity index (χ3n) is 2.11. The molecule has 2 heterocycles. The largest absolute Gasteiger partial charge is 0.145 e. The Morgan fingerprint density at radius 3 is 2.38 bits per heavy atom. The van der Waals surface area contributed by atoms with Crippen molar-refractivity contribution in [2.45, 2.75) is 12.3 Å². The van der Waals surface area contributed by atoms with Gasteiger partial charge in [-0.2, -0.15) is 0 Å². The molecule has 0 aliphatic rings. The first-order valence-corrected chi connectivity index (χ1v) is 7.59. The first kappa shape index (κ1) is 13.0. The third kappa shape index (κ3) is 2.38. The number of aryl methyl sites for hydroxylation is 1. The highest BCUT2D eigenvalue weighted by atomic mass is 35.5. The van der Waals surface area contributed by atoms with Gasteiger partial charge in [-0.3, -0.25) is 0 Å². The minimum absolute atomic E-state index is 0.331. The molecule has 0 aliphatic carbocycles. The molecule has 16 heavy (non-hydrogen) atoms. The van der Waals surface area contributed by atoms with Gasteiger partial charge < -0.3 is 0 Å². The fourth-order valence-corrected chi connectivity index (χ4v) is 4.73. The standard InChI is InChI=1S/C10H6Cl4S2/c1-4-3-15-9(7(4)12)8(13)5-2-6(11)16-10(5)14/h2-3,8H,1H3. The number of alkyl halides is 1. The molecule has 0 N–H and O–H groups in total. The molecule has 0 saturated carbocycles. The van der Waals surface area contributed by atoms with Gasteiger partial charge in [0.25, 0.3) is 0 Å². The Morgan fingerprint density at radius 1 is 1.25 bits per heavy atom. The van der Waals surface area contributed by atoms with Gasteiger partial charge in [0.05, 0.1) is 19.1 Å². The van der Waals surface area contributed by atoms with Gasteiger partial charge in [0, 0.05) is 10.4 Å². The smallest absolute Gasteiger partial charge is 0.0994 e. The van der Waals surface area contributed by atoms with Crippen LogP contribution < -0.4 is 0 Å². The average molecular weight is 332 g/mol. The molecule has 0 nitrogen and oxygen atoms in total. The third-order valence-corrected chi connectivity index (χ3v) is 5.99. The van der Waals surface area contributed by atoms with Crippen molar-refractivity contribution in [3.8, 4) is 0 Å². The van der Waals surface area contributed by atoms with E-state index in [0.29, 0.717) is 13.7 Å². The Bertz CT molecular complexity index is 513. The van der Waals surface area contributed by atoms with Crippen LogP contribution in [-0.2, 0) is 0 Å². The molecule has 86 valence electrons. The van der Waals surface area contributed by atoms with Gasteiger partial charge in [-0.05, 0) is 23.9 Å². The van der Waals surface area contributed by atoms with Crippen LogP contribution in [0.3, 0.4) is 0 Å². The first-order valence-electron chi connectivity index (χ1n) is 4.33. The minimum atomic E-state index is -0.331. The number of hydrogen-bond donors (Lipinski definition) is 0. The molecule has 1 unspecified atom stereocenters. The van der Waals surface area contributed by atoms with Gasteiger partial charge in [-0.15, -0.1) is 34.3 Å². The van der Waals surface area contributed by atoms with Crippen LogP contribution in [-0.4, -0.2) is 0 Å². The lowest BCUT2D eigenvalue weighted by Gasteiger charge is -2.06. The van der Waals surface area contributed by atoms with Gasteiger partial charge in [0.2, 0.25) is 0 Å². The molecule has 2 aromatic heterocycles. The lowest BCUT2D eigenvalue weighted by molar-refractivity contribution is 1.20. The van der Waals surface area contributed by atoms with Crippen molar-refractivity contribution in [3.05, 3.63) is 41.1 Å². The van der Waals surface area contributed by atoms with E-state index in [0.717, 1.165) is 16.0 Å². The topological polar surface area (TPSA) is 0 Å². The number of rotatable bonds is 2. The van der Waals surface area contributed by atoms with E-state index < -0.39 is 0 Å². The Balaban J connectivity index is 2.42. The quantitative estimate of drug-likeness (QED) is 0.558. The van der Waals surface area contributed by atoms with Crippen LogP contribution in [0.25, 0.3) is 0 Å². The number of thiophene rings is 2. The zero-order valence-corrected chi connectivity index (χ0v) is 12.7. The second-order valence-electron chi connectivity index (χ2n) is 3.24. The molecule has 0 spiro atoms. The average Bonchev–Trinajstić information content (AvgIpc) is 2.71. The molecule has 1 atom stereocenters. The maximum Gasteiger partial charge on any atom is 0.0994 e. The van der Waals surface area contributed by atoms with Gasteiger partial charge in [0.1, 0.15) is 0 Å². The summed E-state index contributed by atoms with van der Waals surface area (Å²) in [6, 6.07) is 1.79. The van der Waals surface area contributed by atoms with Crippen LogP contribution >= 0.6 is 69.1 Å². The summed E-state index contributed by atoms with van der Waals surface area (Å²) in [4.78, 5) is 0.914. The molecule has 0 aromatic carbocycles. The highest BCUT2D eigenvalue weighted by Crippen LogP contribution is 2.45. The normalized spacial score (nSPS) is 13.1. The fourth-order valence-electron chi connectivity index (χ4n) is 1.29. The van der Waals surface area contributed by atoms with E-state index in [1.165, 1.54) is 22.7 Å². The van der Waals surface area contributed by atoms with E-state index >= 15 is 0 Å². The van der Waals surface area contributed by atoms with E-state index in [4.69, 9.17) is 46.4 Å². The first-order chi connectivity index (χ1) is 7.50. The molecule has 0 fully saturated rings. The summed E-state index contributed by atoms with van der Waals surface area (Å²) in [5.74, 6) is 0. The Kier molecular flexibility index (Phi) is 4.10. The second-order valence-corrected chi connectivity index (χ2v) is 7.25. The van der Waals surface area contributed by atoms with Gasteiger partial charge in [0.15, 0.2) is 0 Å². The minimum Gasteiger partial charge on any atom is -0.145 e. The summed E-state index contributed by atoms with van der Waals surface area (Å²) >= 11 is 27.3. The number of hydrogen-bond acceptors (Lipinski definition) is 2. The molecule has 0 aliphatic heterocycles. The van der Waals surface area contributed by atoms with Crippen molar-refractivity contribution in [3.63, 3.8) is 0 Å². The van der Waals surface area contributed by atoms with E-state index in [1.807, 2.05) is 12.3 Å². The summed E-state index contributed by atoms with van der Waals surface area (Å²) in [7, 11) is 0. The molecule has 0 bridgehead atoms. The van der Waals surface area contributed by atoms with Crippen molar-refractivity contribution in [2.24, 2.45) is 0 Å². The van der Waals surface area contributed by atoms with Crippen molar-refractivity contribution < 1.29 is 0 Å². The van der Waals surface area contributed by atoms with Gasteiger partial charge in [-0.1, -0.05) is 34.8 Å². The van der Waals surface area contributed by atoms with Crippen molar-refractivity contribution >= 4 is 69.1 Å². The lowest BCUT2D eigenvalue weighted by Crippen LogP contribution is -1.89. The van der Waals surface area contributed by atoms with E-state index in [-0.39, 0.29) is 5.38 Å². The molecule has 2 aromatic rings. The summed E-state index contributed by atoms with van der Waals surface area (Å²) in [6.07, 6.45) is 0. The highest BCUT2D eigenvalue weighted by molar-refractivity contribution is 7.20. The second kappa shape index (κ2) is 5.05. The predicted octanol–water partition coefficient (Wildman–Crippen LogP) is 6.41. The summed E-state index contributed by atoms with van der Waals surface area (Å²) in [6.45, 7) is 1.95. The van der Waals surface area contributed by atoms with Crippen LogP contribution in [0.2, 0.25) is 13.7 Å². The molecular weight excluding hydrogens is 326 g/mol. The monoisotopic (exact) mass is 330 g/mol. The summed E-state index contributed by atoms with van der Waals surface area (Å²) < 4.78 is 1.25. The molecule has 0 radical (unpaired) electrons. The van der Waals surface area contributed by atoms with E-state index in [2.05, 4.69) is 0 Å². The Hall–Kier alpha value is 0.560. The zero-order valence-electron chi connectivity index (χ0n) is 8.06. The van der Waals surface area contributed by atoms with E-state index in [1.54, 1.807) is 6.07 Å². The van der Waals surface area contributed by atoms with Crippen LogP contribution in [0.15, 0.2) is 11.4 Å². The Labute approximate surface area is 122 Å². The SMILES string of the molecule is Cc1csc(C(Cl)c2cc(Cl)sc2Cl)c1Cl. The van der Waals surface area contributed by atoms with Crippen molar-refractivity contribution in [2.75, 3.05) is 0 Å². The Morgan fingerprint density at radius 2 is 1.94 bits per heavy atom. The predicted molar refractivity (Wildman–Crippen MR) is 76.1 cm³/mol. The van der Waals surface area contributed by atoms with Crippen LogP contribution in [0.5, 0.6) is 0 Å². The molecule has 6 heteroatoms. The molecular formula is C10H6Cl4S2. The maximum atomic E-state index is 6.36. The van der Waals surface area contributed by atoms with E-state index in [9.17, 15) is 0 Å². The lowest BCUT2D eigenvalue weighted by atomic mass is 10.2. The maximum absolute atomic E-state index is 6.36. The molecule has 0 amide bonds. The van der Waals surface area contributed by atoms with Crippen LogP contribution in [0.4, 0.5) is 0 Å². The van der Waals surface area contributed by atoms with Crippen LogP contribution in [0.1, 0.15) is 21.4 Å². The molecule has 2 rings (SSSR count). The summed E-state index contributed by atoms with van der Waals surface area (Å²) in [5.41, 5.74) is 1.85. The zero-order chi connectivity index (χ0) is 11.9. The number of halogens is 4.